The molecule has 0 saturated carbocycles. The van der Waals surface area contributed by atoms with Gasteiger partial charge in [0.05, 0.1) is 0 Å². The van der Waals surface area contributed by atoms with E-state index in [9.17, 15) is 4.79 Å². The largest absolute Gasteiger partial charge is 0.303 e. The predicted octanol–water partition coefficient (Wildman–Crippen LogP) is 1.29. The second kappa shape index (κ2) is 5.05. The number of unbranched alkanes of at least 4 members (excludes halogenated alkanes) is 2. The summed E-state index contributed by atoms with van der Waals surface area (Å²) in [5.41, 5.74) is 0. The van der Waals surface area contributed by atoms with Crippen molar-refractivity contribution >= 4 is 6.29 Å². The SMILES string of the molecule is CC1(C#N)OOC(CCCCC=O)O1. The molecule has 0 aliphatic carbocycles. The lowest BCUT2D eigenvalue weighted by atomic mass is 10.2. The molecule has 0 amide bonds. The Morgan fingerprint density at radius 1 is 1.57 bits per heavy atom. The molecule has 2 atom stereocenters. The van der Waals surface area contributed by atoms with Crippen LogP contribution >= 0.6 is 0 Å². The summed E-state index contributed by atoms with van der Waals surface area (Å²) in [5, 5.41) is 8.63. The van der Waals surface area contributed by atoms with Gasteiger partial charge in [0, 0.05) is 19.8 Å². The van der Waals surface area contributed by atoms with Crippen molar-refractivity contribution in [1.29, 1.82) is 5.26 Å². The van der Waals surface area contributed by atoms with Crippen molar-refractivity contribution in [3.63, 3.8) is 0 Å². The molecule has 1 rings (SSSR count). The average Bonchev–Trinajstić information content (AvgIpc) is 2.56. The topological polar surface area (TPSA) is 68.5 Å². The van der Waals surface area contributed by atoms with Crippen LogP contribution in [-0.4, -0.2) is 18.4 Å². The van der Waals surface area contributed by atoms with Crippen LogP contribution in [0.25, 0.3) is 0 Å². The van der Waals surface area contributed by atoms with Gasteiger partial charge in [-0.05, 0) is 12.8 Å². The van der Waals surface area contributed by atoms with Crippen molar-refractivity contribution in [1.82, 2.24) is 0 Å². The Morgan fingerprint density at radius 3 is 2.93 bits per heavy atom. The van der Waals surface area contributed by atoms with E-state index >= 15 is 0 Å². The van der Waals surface area contributed by atoms with Crippen molar-refractivity contribution in [2.24, 2.45) is 0 Å². The number of carbonyl (C=O) groups excluding carboxylic acids is 1. The van der Waals surface area contributed by atoms with Crippen LogP contribution in [0, 0.1) is 11.3 Å². The summed E-state index contributed by atoms with van der Waals surface area (Å²) in [7, 11) is 0. The highest BCUT2D eigenvalue weighted by molar-refractivity contribution is 5.48. The summed E-state index contributed by atoms with van der Waals surface area (Å²) in [5.74, 6) is -1.28. The van der Waals surface area contributed by atoms with Crippen molar-refractivity contribution < 1.29 is 19.3 Å². The smallest absolute Gasteiger partial charge is 0.288 e. The third-order valence-electron chi connectivity index (χ3n) is 1.89. The van der Waals surface area contributed by atoms with E-state index in [1.807, 2.05) is 6.07 Å². The Morgan fingerprint density at radius 2 is 2.36 bits per heavy atom. The first-order valence-corrected chi connectivity index (χ1v) is 4.57. The highest BCUT2D eigenvalue weighted by Gasteiger charge is 2.39. The lowest BCUT2D eigenvalue weighted by Gasteiger charge is -2.09. The van der Waals surface area contributed by atoms with Crippen molar-refractivity contribution in [2.45, 2.75) is 44.7 Å². The Bertz CT molecular complexity index is 237. The van der Waals surface area contributed by atoms with E-state index < -0.39 is 12.1 Å². The fourth-order valence-corrected chi connectivity index (χ4v) is 1.13. The van der Waals surface area contributed by atoms with E-state index in [4.69, 9.17) is 19.8 Å². The number of hydrogen-bond acceptors (Lipinski definition) is 5. The average molecular weight is 199 g/mol. The molecule has 0 radical (unpaired) electrons. The van der Waals surface area contributed by atoms with Gasteiger partial charge in [0.2, 0.25) is 0 Å². The molecule has 0 aromatic carbocycles. The number of ether oxygens (including phenoxy) is 1. The van der Waals surface area contributed by atoms with E-state index in [0.29, 0.717) is 12.8 Å². The van der Waals surface area contributed by atoms with E-state index in [1.54, 1.807) is 0 Å². The fraction of sp³-hybridized carbons (Fsp3) is 0.778. The molecule has 0 bridgehead atoms. The zero-order chi connectivity index (χ0) is 10.4. The number of hydrogen-bond donors (Lipinski definition) is 0. The molecule has 1 heterocycles. The molecule has 1 saturated heterocycles. The normalized spacial score (nSPS) is 31.3. The van der Waals surface area contributed by atoms with E-state index in [1.165, 1.54) is 6.92 Å². The van der Waals surface area contributed by atoms with Crippen molar-refractivity contribution in [3.05, 3.63) is 0 Å². The Hall–Kier alpha value is -0.960. The maximum atomic E-state index is 10.0. The quantitative estimate of drug-likeness (QED) is 0.379. The maximum Gasteiger partial charge on any atom is 0.288 e. The lowest BCUT2D eigenvalue weighted by molar-refractivity contribution is -0.311. The fourth-order valence-electron chi connectivity index (χ4n) is 1.13. The molecule has 1 aliphatic heterocycles. The van der Waals surface area contributed by atoms with E-state index in [2.05, 4.69) is 0 Å². The van der Waals surface area contributed by atoms with E-state index in [-0.39, 0.29) is 0 Å². The molecule has 5 heteroatoms. The second-order valence-corrected chi connectivity index (χ2v) is 3.24. The molecule has 2 unspecified atom stereocenters. The van der Waals surface area contributed by atoms with E-state index in [0.717, 1.165) is 19.1 Å². The van der Waals surface area contributed by atoms with Crippen molar-refractivity contribution in [3.8, 4) is 6.07 Å². The van der Waals surface area contributed by atoms with Gasteiger partial charge in [0.15, 0.2) is 6.29 Å². The zero-order valence-corrected chi connectivity index (χ0v) is 8.06. The third-order valence-corrected chi connectivity index (χ3v) is 1.89. The number of carbonyl (C=O) groups is 1. The summed E-state index contributed by atoms with van der Waals surface area (Å²) in [6.07, 6.45) is 3.18. The predicted molar refractivity (Wildman–Crippen MR) is 45.6 cm³/mol. The van der Waals surface area contributed by atoms with Gasteiger partial charge in [-0.15, -0.1) is 0 Å². The van der Waals surface area contributed by atoms with Gasteiger partial charge in [0.1, 0.15) is 12.4 Å². The van der Waals surface area contributed by atoms with Gasteiger partial charge in [-0.3, -0.25) is 0 Å². The van der Waals surface area contributed by atoms with Crippen LogP contribution in [0.5, 0.6) is 0 Å². The molecule has 78 valence electrons. The monoisotopic (exact) mass is 199 g/mol. The van der Waals surface area contributed by atoms with Crippen LogP contribution in [0.1, 0.15) is 32.6 Å². The molecular formula is C9H13NO4. The number of rotatable bonds is 5. The minimum absolute atomic E-state index is 0.494. The molecular weight excluding hydrogens is 186 g/mol. The summed E-state index contributed by atoms with van der Waals surface area (Å²) in [6.45, 7) is 1.50. The second-order valence-electron chi connectivity index (χ2n) is 3.24. The first kappa shape index (κ1) is 11.1. The molecule has 0 aromatic heterocycles. The number of aldehydes is 1. The summed E-state index contributed by atoms with van der Waals surface area (Å²) < 4.78 is 5.18. The Balaban J connectivity index is 2.17. The van der Waals surface area contributed by atoms with Gasteiger partial charge < -0.3 is 9.53 Å². The van der Waals surface area contributed by atoms with Crippen LogP contribution < -0.4 is 0 Å². The molecule has 5 nitrogen and oxygen atoms in total. The highest BCUT2D eigenvalue weighted by Crippen LogP contribution is 2.26. The molecule has 0 N–H and O–H groups in total. The Kier molecular flexibility index (Phi) is 4.01. The van der Waals surface area contributed by atoms with Crippen LogP contribution in [0.15, 0.2) is 0 Å². The van der Waals surface area contributed by atoms with Crippen LogP contribution in [0.3, 0.4) is 0 Å². The van der Waals surface area contributed by atoms with Crippen LogP contribution in [-0.2, 0) is 19.3 Å². The summed E-state index contributed by atoms with van der Waals surface area (Å²) in [4.78, 5) is 19.5. The molecule has 1 fully saturated rings. The van der Waals surface area contributed by atoms with Gasteiger partial charge in [-0.25, -0.2) is 4.89 Å². The minimum atomic E-state index is -1.28. The number of nitriles is 1. The van der Waals surface area contributed by atoms with Gasteiger partial charge in [0.25, 0.3) is 5.79 Å². The molecule has 1 aliphatic rings. The lowest BCUT2D eigenvalue weighted by Crippen LogP contribution is -2.23. The van der Waals surface area contributed by atoms with Gasteiger partial charge in [-0.2, -0.15) is 10.1 Å². The molecule has 0 aromatic rings. The first-order chi connectivity index (χ1) is 6.70. The third kappa shape index (κ3) is 3.07. The number of nitrogens with zero attached hydrogens (tertiary/aromatic N) is 1. The summed E-state index contributed by atoms with van der Waals surface area (Å²) >= 11 is 0. The standard InChI is InChI=1S/C9H13NO4/c1-9(7-10)12-8(13-14-9)5-3-2-4-6-11/h6,8H,2-5H2,1H3. The highest BCUT2D eigenvalue weighted by atomic mass is 17.3. The summed E-state index contributed by atoms with van der Waals surface area (Å²) in [6, 6.07) is 1.85. The van der Waals surface area contributed by atoms with Crippen molar-refractivity contribution in [2.75, 3.05) is 0 Å². The first-order valence-electron chi connectivity index (χ1n) is 4.57. The van der Waals surface area contributed by atoms with Gasteiger partial charge in [-0.1, -0.05) is 0 Å². The maximum absolute atomic E-state index is 10.0. The Labute approximate surface area is 82.5 Å². The van der Waals surface area contributed by atoms with Crippen LogP contribution in [0.2, 0.25) is 0 Å². The van der Waals surface area contributed by atoms with Crippen LogP contribution in [0.4, 0.5) is 0 Å². The molecule has 0 spiro atoms. The van der Waals surface area contributed by atoms with Gasteiger partial charge >= 0.3 is 0 Å². The zero-order valence-electron chi connectivity index (χ0n) is 8.06. The molecule has 14 heavy (non-hydrogen) atoms. The minimum Gasteiger partial charge on any atom is -0.303 e.